The molecule has 0 aliphatic heterocycles. The predicted octanol–water partition coefficient (Wildman–Crippen LogP) is 6.13. The van der Waals surface area contributed by atoms with Crippen LogP contribution in [0.4, 0.5) is 0 Å². The number of benzene rings is 1. The van der Waals surface area contributed by atoms with Gasteiger partial charge < -0.3 is 15.3 Å². The van der Waals surface area contributed by atoms with Crippen molar-refractivity contribution in [3.8, 4) is 0 Å². The summed E-state index contributed by atoms with van der Waals surface area (Å²) in [5, 5.41) is 30.0. The summed E-state index contributed by atoms with van der Waals surface area (Å²) in [6, 6.07) is 8.82. The van der Waals surface area contributed by atoms with Gasteiger partial charge in [0.2, 0.25) is 0 Å². The van der Waals surface area contributed by atoms with Gasteiger partial charge in [0.1, 0.15) is 0 Å². The van der Waals surface area contributed by atoms with Crippen molar-refractivity contribution in [1.82, 2.24) is 0 Å². The van der Waals surface area contributed by atoms with Crippen LogP contribution in [0, 0.1) is 0 Å². The molecule has 0 amide bonds. The van der Waals surface area contributed by atoms with Gasteiger partial charge in [-0.3, -0.25) is 0 Å². The molecule has 3 heteroatoms. The van der Waals surface area contributed by atoms with E-state index in [0.29, 0.717) is 12.8 Å². The lowest BCUT2D eigenvalue weighted by Crippen LogP contribution is -2.26. The second-order valence-electron chi connectivity index (χ2n) is 9.70. The summed E-state index contributed by atoms with van der Waals surface area (Å²) < 4.78 is 0. The molecule has 1 fully saturated rings. The second-order valence-corrected chi connectivity index (χ2v) is 9.70. The van der Waals surface area contributed by atoms with Crippen LogP contribution in [0.15, 0.2) is 54.1 Å². The highest BCUT2D eigenvalue weighted by Crippen LogP contribution is 2.30. The third-order valence-electron chi connectivity index (χ3n) is 6.10. The van der Waals surface area contributed by atoms with E-state index in [-0.39, 0.29) is 0 Å². The van der Waals surface area contributed by atoms with Crippen LogP contribution in [0.5, 0.6) is 0 Å². The van der Waals surface area contributed by atoms with Crippen molar-refractivity contribution < 1.29 is 15.3 Å². The van der Waals surface area contributed by atoms with Crippen LogP contribution in [0.3, 0.4) is 0 Å². The molecule has 2 atom stereocenters. The average molecular weight is 427 g/mol. The van der Waals surface area contributed by atoms with Gasteiger partial charge in [-0.15, -0.1) is 0 Å². The number of allylic oxidation sites excluding steroid dienone is 3. The van der Waals surface area contributed by atoms with Crippen LogP contribution >= 0.6 is 0 Å². The maximum atomic E-state index is 10.1. The zero-order valence-electron chi connectivity index (χ0n) is 19.7. The van der Waals surface area contributed by atoms with E-state index in [4.69, 9.17) is 0 Å². The Kier molecular flexibility index (Phi) is 10.2. The number of rotatable bonds is 11. The molecule has 2 rings (SSSR count). The van der Waals surface area contributed by atoms with Crippen molar-refractivity contribution >= 4 is 5.57 Å². The standard InChI is InChI=1S/C28H42O3/c1-5-6-13-23(15-16-24-19-26(29)20-27(30)21(24)2)25-14-10-12-22(18-25)11-8-7-9-17-28(3,4)31/h10,12,14-16,18,26-27,29-31H,2,5-9,11,13,17,19-20H2,1,3-4H3/b23-15+,24-16?/t26-,27+/m1/s1. The Morgan fingerprint density at radius 2 is 1.94 bits per heavy atom. The Hall–Kier alpha value is -1.68. The first-order valence-corrected chi connectivity index (χ1v) is 12.0. The van der Waals surface area contributed by atoms with Crippen molar-refractivity contribution in [1.29, 1.82) is 0 Å². The van der Waals surface area contributed by atoms with Crippen LogP contribution in [-0.2, 0) is 6.42 Å². The van der Waals surface area contributed by atoms with Crippen molar-refractivity contribution in [2.45, 2.75) is 103 Å². The lowest BCUT2D eigenvalue weighted by atomic mass is 9.85. The molecule has 0 radical (unpaired) electrons. The Labute approximate surface area is 189 Å². The highest BCUT2D eigenvalue weighted by Gasteiger charge is 2.24. The Bertz CT molecular complexity index is 767. The van der Waals surface area contributed by atoms with Crippen LogP contribution in [0.2, 0.25) is 0 Å². The van der Waals surface area contributed by atoms with Gasteiger partial charge in [-0.25, -0.2) is 0 Å². The minimum absolute atomic E-state index is 0.375. The molecule has 0 bridgehead atoms. The fourth-order valence-electron chi connectivity index (χ4n) is 4.14. The molecule has 3 nitrogen and oxygen atoms in total. The average Bonchev–Trinajstić information content (AvgIpc) is 2.70. The third kappa shape index (κ3) is 9.14. The lowest BCUT2D eigenvalue weighted by Gasteiger charge is -2.26. The van der Waals surface area contributed by atoms with Gasteiger partial charge in [0, 0.05) is 6.42 Å². The van der Waals surface area contributed by atoms with E-state index >= 15 is 0 Å². The molecule has 0 heterocycles. The number of aryl methyl sites for hydroxylation is 1. The quantitative estimate of drug-likeness (QED) is 0.373. The van der Waals surface area contributed by atoms with E-state index < -0.39 is 17.8 Å². The second kappa shape index (κ2) is 12.4. The molecule has 0 spiro atoms. The molecule has 0 saturated heterocycles. The monoisotopic (exact) mass is 426 g/mol. The van der Waals surface area contributed by atoms with Gasteiger partial charge in [-0.05, 0) is 80.2 Å². The summed E-state index contributed by atoms with van der Waals surface area (Å²) >= 11 is 0. The van der Waals surface area contributed by atoms with Gasteiger partial charge in [-0.1, -0.05) is 69.2 Å². The molecule has 1 aromatic rings. The van der Waals surface area contributed by atoms with Gasteiger partial charge in [-0.2, -0.15) is 0 Å². The summed E-state index contributed by atoms with van der Waals surface area (Å²) in [6.45, 7) is 9.98. The zero-order chi connectivity index (χ0) is 22.9. The fraction of sp³-hybridized carbons (Fsp3) is 0.571. The van der Waals surface area contributed by atoms with Crippen molar-refractivity contribution in [3.63, 3.8) is 0 Å². The van der Waals surface area contributed by atoms with Gasteiger partial charge in [0.15, 0.2) is 0 Å². The predicted molar refractivity (Wildman–Crippen MR) is 131 cm³/mol. The van der Waals surface area contributed by atoms with E-state index in [9.17, 15) is 15.3 Å². The lowest BCUT2D eigenvalue weighted by molar-refractivity contribution is 0.0680. The first-order chi connectivity index (χ1) is 14.7. The molecule has 0 unspecified atom stereocenters. The van der Waals surface area contributed by atoms with Crippen LogP contribution < -0.4 is 0 Å². The molecule has 1 aliphatic carbocycles. The van der Waals surface area contributed by atoms with Gasteiger partial charge in [0.05, 0.1) is 17.8 Å². The van der Waals surface area contributed by atoms with E-state index in [2.05, 4.69) is 43.8 Å². The SMILES string of the molecule is C=C1C(=C/C=C(\CCCC)c2cccc(CCCCCC(C)(C)O)c2)C[C@@H](O)C[C@@H]1O. The normalized spacial score (nSPS) is 21.7. The Morgan fingerprint density at radius 1 is 1.16 bits per heavy atom. The Balaban J connectivity index is 2.09. The first kappa shape index (κ1) is 25.6. The molecule has 3 N–H and O–H groups in total. The molecule has 172 valence electrons. The van der Waals surface area contributed by atoms with Crippen LogP contribution in [0.1, 0.15) is 89.7 Å². The number of hydrogen-bond acceptors (Lipinski definition) is 3. The molecule has 1 aromatic carbocycles. The van der Waals surface area contributed by atoms with E-state index in [0.717, 1.165) is 62.5 Å². The Morgan fingerprint density at radius 3 is 2.65 bits per heavy atom. The van der Waals surface area contributed by atoms with E-state index in [1.807, 2.05) is 19.9 Å². The highest BCUT2D eigenvalue weighted by molar-refractivity contribution is 5.68. The number of aliphatic hydroxyl groups excluding tert-OH is 2. The molecule has 0 aromatic heterocycles. The first-order valence-electron chi connectivity index (χ1n) is 12.0. The fourth-order valence-corrected chi connectivity index (χ4v) is 4.14. The maximum absolute atomic E-state index is 10.1. The van der Waals surface area contributed by atoms with Crippen molar-refractivity contribution in [3.05, 3.63) is 65.3 Å². The number of aliphatic hydroxyl groups is 3. The summed E-state index contributed by atoms with van der Waals surface area (Å²) in [5.74, 6) is 0. The summed E-state index contributed by atoms with van der Waals surface area (Å²) in [7, 11) is 0. The van der Waals surface area contributed by atoms with E-state index in [1.54, 1.807) is 0 Å². The molecular weight excluding hydrogens is 384 g/mol. The maximum Gasteiger partial charge on any atom is 0.0811 e. The largest absolute Gasteiger partial charge is 0.393 e. The zero-order valence-corrected chi connectivity index (χ0v) is 19.7. The molecule has 31 heavy (non-hydrogen) atoms. The summed E-state index contributed by atoms with van der Waals surface area (Å²) in [5.41, 5.74) is 5.01. The number of unbranched alkanes of at least 4 members (excludes halogenated alkanes) is 3. The third-order valence-corrected chi connectivity index (χ3v) is 6.10. The smallest absolute Gasteiger partial charge is 0.0811 e. The van der Waals surface area contributed by atoms with Crippen molar-refractivity contribution in [2.75, 3.05) is 0 Å². The topological polar surface area (TPSA) is 60.7 Å². The molecule has 1 aliphatic rings. The van der Waals surface area contributed by atoms with Crippen LogP contribution in [0.25, 0.3) is 5.57 Å². The van der Waals surface area contributed by atoms with Crippen molar-refractivity contribution in [2.24, 2.45) is 0 Å². The van der Waals surface area contributed by atoms with Gasteiger partial charge >= 0.3 is 0 Å². The summed E-state index contributed by atoms with van der Waals surface area (Å²) in [6.07, 6.45) is 12.5. The van der Waals surface area contributed by atoms with Crippen LogP contribution in [-0.4, -0.2) is 33.1 Å². The molecular formula is C28H42O3. The highest BCUT2D eigenvalue weighted by atomic mass is 16.3. The minimum Gasteiger partial charge on any atom is -0.393 e. The number of hydrogen-bond donors (Lipinski definition) is 3. The van der Waals surface area contributed by atoms with Gasteiger partial charge in [0.25, 0.3) is 0 Å². The summed E-state index contributed by atoms with van der Waals surface area (Å²) in [4.78, 5) is 0. The molecule has 1 saturated carbocycles. The van der Waals surface area contributed by atoms with E-state index in [1.165, 1.54) is 16.7 Å². The minimum atomic E-state index is -0.651.